The van der Waals surface area contributed by atoms with E-state index in [-0.39, 0.29) is 5.41 Å². The van der Waals surface area contributed by atoms with Crippen molar-refractivity contribution in [3.63, 3.8) is 0 Å². The number of fused-ring (bicyclic) bond motifs is 4. The molecule has 1 aromatic heterocycles. The monoisotopic (exact) mass is 274 g/mol. The van der Waals surface area contributed by atoms with E-state index in [1.54, 1.807) is 0 Å². The molecular weight excluding hydrogens is 256 g/mol. The van der Waals surface area contributed by atoms with Gasteiger partial charge in [-0.1, -0.05) is 57.2 Å². The van der Waals surface area contributed by atoms with E-state index in [1.807, 2.05) is 0 Å². The summed E-state index contributed by atoms with van der Waals surface area (Å²) in [6.07, 6.45) is 0. The predicted octanol–water partition coefficient (Wildman–Crippen LogP) is 6.04. The van der Waals surface area contributed by atoms with Crippen LogP contribution in [0.2, 0.25) is 0 Å². The molecule has 0 fully saturated rings. The molecule has 4 aromatic rings. The maximum absolute atomic E-state index is 6.10. The highest BCUT2D eigenvalue weighted by molar-refractivity contribution is 6.10. The molecule has 0 saturated carbocycles. The van der Waals surface area contributed by atoms with E-state index in [4.69, 9.17) is 4.42 Å². The number of benzene rings is 3. The third-order valence-electron chi connectivity index (χ3n) is 4.21. The van der Waals surface area contributed by atoms with Crippen LogP contribution in [0.4, 0.5) is 0 Å². The molecule has 0 saturated heterocycles. The van der Waals surface area contributed by atoms with Crippen molar-refractivity contribution in [2.75, 3.05) is 0 Å². The third-order valence-corrected chi connectivity index (χ3v) is 4.21. The minimum absolute atomic E-state index is 0.137. The summed E-state index contributed by atoms with van der Waals surface area (Å²) >= 11 is 0. The van der Waals surface area contributed by atoms with Gasteiger partial charge in [0, 0.05) is 10.8 Å². The minimum Gasteiger partial charge on any atom is -0.456 e. The molecule has 4 rings (SSSR count). The summed E-state index contributed by atoms with van der Waals surface area (Å²) in [6, 6.07) is 19.4. The summed E-state index contributed by atoms with van der Waals surface area (Å²) in [5.41, 5.74) is 3.39. The van der Waals surface area contributed by atoms with Gasteiger partial charge in [0.2, 0.25) is 0 Å². The zero-order valence-corrected chi connectivity index (χ0v) is 12.6. The first-order valence-corrected chi connectivity index (χ1v) is 7.38. The molecule has 1 heterocycles. The highest BCUT2D eigenvalue weighted by Crippen LogP contribution is 2.34. The fraction of sp³-hybridized carbons (Fsp3) is 0.200. The van der Waals surface area contributed by atoms with Crippen LogP contribution in [0.15, 0.2) is 59.0 Å². The predicted molar refractivity (Wildman–Crippen MR) is 89.9 cm³/mol. The Morgan fingerprint density at radius 2 is 1.38 bits per heavy atom. The molecule has 1 heteroatoms. The Morgan fingerprint density at radius 1 is 0.714 bits per heavy atom. The van der Waals surface area contributed by atoms with Gasteiger partial charge in [-0.15, -0.1) is 0 Å². The Bertz CT molecular complexity index is 968. The molecule has 0 atom stereocenters. The smallest absolute Gasteiger partial charge is 0.136 e. The summed E-state index contributed by atoms with van der Waals surface area (Å²) in [5, 5.41) is 4.88. The standard InChI is InChI=1S/C20H18O/c1-20(2,3)15-8-9-16-17-10-13-6-4-5-7-14(13)11-18(17)21-19(16)12-15/h4-12H,1-3H3. The number of hydrogen-bond acceptors (Lipinski definition) is 1. The number of furan rings is 1. The van der Waals surface area contributed by atoms with Crippen LogP contribution < -0.4 is 0 Å². The third kappa shape index (κ3) is 1.92. The lowest BCUT2D eigenvalue weighted by Gasteiger charge is -2.18. The van der Waals surface area contributed by atoms with Crippen molar-refractivity contribution in [2.45, 2.75) is 26.2 Å². The lowest BCUT2D eigenvalue weighted by atomic mass is 9.86. The van der Waals surface area contributed by atoms with Crippen molar-refractivity contribution in [1.29, 1.82) is 0 Å². The SMILES string of the molecule is CC(C)(C)c1ccc2c(c1)oc1cc3ccccc3cc12. The first kappa shape index (κ1) is 12.5. The largest absolute Gasteiger partial charge is 0.456 e. The minimum atomic E-state index is 0.137. The summed E-state index contributed by atoms with van der Waals surface area (Å²) in [4.78, 5) is 0. The molecule has 0 amide bonds. The van der Waals surface area contributed by atoms with Crippen LogP contribution in [0.3, 0.4) is 0 Å². The summed E-state index contributed by atoms with van der Waals surface area (Å²) in [7, 11) is 0. The Kier molecular flexibility index (Phi) is 2.44. The molecule has 21 heavy (non-hydrogen) atoms. The van der Waals surface area contributed by atoms with Crippen molar-refractivity contribution in [1.82, 2.24) is 0 Å². The van der Waals surface area contributed by atoms with Crippen molar-refractivity contribution < 1.29 is 4.42 Å². The van der Waals surface area contributed by atoms with Crippen LogP contribution >= 0.6 is 0 Å². The van der Waals surface area contributed by atoms with Crippen LogP contribution in [0.1, 0.15) is 26.3 Å². The van der Waals surface area contributed by atoms with Crippen LogP contribution in [0.25, 0.3) is 32.7 Å². The molecule has 104 valence electrons. The van der Waals surface area contributed by atoms with Gasteiger partial charge >= 0.3 is 0 Å². The van der Waals surface area contributed by atoms with Gasteiger partial charge in [0.15, 0.2) is 0 Å². The highest BCUT2D eigenvalue weighted by Gasteiger charge is 2.16. The first-order valence-electron chi connectivity index (χ1n) is 7.38. The molecule has 0 spiro atoms. The molecular formula is C20H18O. The Labute approximate surface area is 124 Å². The maximum atomic E-state index is 6.10. The molecule has 0 radical (unpaired) electrons. The zero-order chi connectivity index (χ0) is 14.6. The van der Waals surface area contributed by atoms with Crippen LogP contribution in [-0.4, -0.2) is 0 Å². The van der Waals surface area contributed by atoms with Gasteiger partial charge < -0.3 is 4.42 Å². The van der Waals surface area contributed by atoms with Gasteiger partial charge in [0.05, 0.1) is 0 Å². The molecule has 0 aliphatic heterocycles. The summed E-state index contributed by atoms with van der Waals surface area (Å²) < 4.78 is 6.10. The van der Waals surface area contributed by atoms with Gasteiger partial charge in [-0.2, -0.15) is 0 Å². The second-order valence-corrected chi connectivity index (χ2v) is 6.76. The molecule has 0 aliphatic rings. The molecule has 1 nitrogen and oxygen atoms in total. The number of rotatable bonds is 0. The summed E-state index contributed by atoms with van der Waals surface area (Å²) in [5.74, 6) is 0. The van der Waals surface area contributed by atoms with E-state index in [1.165, 1.54) is 27.1 Å². The van der Waals surface area contributed by atoms with Crippen LogP contribution in [0, 0.1) is 0 Å². The lowest BCUT2D eigenvalue weighted by molar-refractivity contribution is 0.587. The zero-order valence-electron chi connectivity index (χ0n) is 12.6. The van der Waals surface area contributed by atoms with E-state index < -0.39 is 0 Å². The molecule has 0 unspecified atom stereocenters. The molecule has 0 bridgehead atoms. The Balaban J connectivity index is 2.07. The topological polar surface area (TPSA) is 13.1 Å². The maximum Gasteiger partial charge on any atom is 0.136 e. The molecule has 0 N–H and O–H groups in total. The quantitative estimate of drug-likeness (QED) is 0.381. The van der Waals surface area contributed by atoms with Crippen molar-refractivity contribution in [3.8, 4) is 0 Å². The van der Waals surface area contributed by atoms with Gasteiger partial charge in [0.1, 0.15) is 11.2 Å². The van der Waals surface area contributed by atoms with E-state index in [2.05, 4.69) is 75.4 Å². The first-order chi connectivity index (χ1) is 10.0. The van der Waals surface area contributed by atoms with Crippen molar-refractivity contribution >= 4 is 32.7 Å². The average molecular weight is 274 g/mol. The fourth-order valence-corrected chi connectivity index (χ4v) is 2.93. The number of hydrogen-bond donors (Lipinski definition) is 0. The normalized spacial score (nSPS) is 12.5. The Morgan fingerprint density at radius 3 is 2.10 bits per heavy atom. The van der Waals surface area contributed by atoms with E-state index in [9.17, 15) is 0 Å². The van der Waals surface area contributed by atoms with Gasteiger partial charge in [-0.25, -0.2) is 0 Å². The molecule has 0 aliphatic carbocycles. The van der Waals surface area contributed by atoms with Gasteiger partial charge in [0.25, 0.3) is 0 Å². The Hall–Kier alpha value is -2.28. The van der Waals surface area contributed by atoms with Crippen LogP contribution in [0.5, 0.6) is 0 Å². The molecule has 3 aromatic carbocycles. The van der Waals surface area contributed by atoms with Gasteiger partial charge in [-0.3, -0.25) is 0 Å². The van der Waals surface area contributed by atoms with E-state index >= 15 is 0 Å². The fourth-order valence-electron chi connectivity index (χ4n) is 2.93. The lowest BCUT2D eigenvalue weighted by Crippen LogP contribution is -2.10. The van der Waals surface area contributed by atoms with Gasteiger partial charge in [-0.05, 0) is 39.9 Å². The second kappa shape index (κ2) is 4.11. The summed E-state index contributed by atoms with van der Waals surface area (Å²) in [6.45, 7) is 6.68. The van der Waals surface area contributed by atoms with Crippen molar-refractivity contribution in [3.05, 3.63) is 60.2 Å². The van der Waals surface area contributed by atoms with E-state index in [0.29, 0.717) is 0 Å². The second-order valence-electron chi connectivity index (χ2n) is 6.76. The van der Waals surface area contributed by atoms with E-state index in [0.717, 1.165) is 11.2 Å². The average Bonchev–Trinajstić information content (AvgIpc) is 2.80. The van der Waals surface area contributed by atoms with Crippen LogP contribution in [-0.2, 0) is 5.41 Å². The van der Waals surface area contributed by atoms with Crippen molar-refractivity contribution in [2.24, 2.45) is 0 Å². The highest BCUT2D eigenvalue weighted by atomic mass is 16.3.